The lowest BCUT2D eigenvalue weighted by Crippen LogP contribution is -2.25. The van der Waals surface area contributed by atoms with Crippen molar-refractivity contribution in [2.45, 2.75) is 38.4 Å². The highest BCUT2D eigenvalue weighted by atomic mass is 35.5. The van der Waals surface area contributed by atoms with Crippen molar-refractivity contribution in [1.29, 1.82) is 0 Å². The number of ether oxygens (including phenoxy) is 2. The molecule has 1 N–H and O–H groups in total. The molecule has 0 atom stereocenters. The fourth-order valence-electron chi connectivity index (χ4n) is 5.39. The standard InChI is InChI=1S/C37H30Cl2N2O4/c1-37(19-18-36(42)43,26-6-14-32(15-7-26)44-22-30-12-4-24-2-10-28(38)20-34(24)40-30)27-8-16-33(17-9-27)45-23-31-13-5-25-3-11-29(39)21-35(25)41-31/h2-17,20-21H,18-19,22-23H2,1H3,(H,42,43). The summed E-state index contributed by atoms with van der Waals surface area (Å²) in [4.78, 5) is 20.9. The molecule has 0 amide bonds. The van der Waals surface area contributed by atoms with Gasteiger partial charge in [0.05, 0.1) is 22.4 Å². The Morgan fingerprint density at radius 1 is 0.667 bits per heavy atom. The van der Waals surface area contributed by atoms with Gasteiger partial charge in [0.25, 0.3) is 0 Å². The highest BCUT2D eigenvalue weighted by Crippen LogP contribution is 2.38. The first kappa shape index (κ1) is 30.4. The molecule has 0 saturated heterocycles. The number of aromatic nitrogens is 2. The van der Waals surface area contributed by atoms with Crippen molar-refractivity contribution in [3.8, 4) is 11.5 Å². The fraction of sp³-hybridized carbons (Fsp3) is 0.162. The Hall–Kier alpha value is -4.65. The molecule has 4 aromatic carbocycles. The first-order valence-corrected chi connectivity index (χ1v) is 15.3. The zero-order valence-corrected chi connectivity index (χ0v) is 26.1. The predicted octanol–water partition coefficient (Wildman–Crippen LogP) is 9.42. The molecule has 6 aromatic rings. The maximum Gasteiger partial charge on any atom is 0.303 e. The molecule has 45 heavy (non-hydrogen) atoms. The maximum atomic E-state index is 11.6. The van der Waals surface area contributed by atoms with E-state index in [1.807, 2.05) is 109 Å². The van der Waals surface area contributed by atoms with E-state index in [1.54, 1.807) is 0 Å². The van der Waals surface area contributed by atoms with Crippen LogP contribution in [0.4, 0.5) is 0 Å². The van der Waals surface area contributed by atoms with Crippen molar-refractivity contribution in [2.75, 3.05) is 0 Å². The lowest BCUT2D eigenvalue weighted by Gasteiger charge is -2.31. The van der Waals surface area contributed by atoms with Crippen molar-refractivity contribution in [1.82, 2.24) is 9.97 Å². The number of halogens is 2. The van der Waals surface area contributed by atoms with Crippen LogP contribution in [0.5, 0.6) is 11.5 Å². The van der Waals surface area contributed by atoms with Crippen LogP contribution in [0.1, 0.15) is 42.3 Å². The molecule has 6 nitrogen and oxygen atoms in total. The van der Waals surface area contributed by atoms with E-state index >= 15 is 0 Å². The Bertz CT molecular complexity index is 1850. The van der Waals surface area contributed by atoms with Gasteiger partial charge in [0, 0.05) is 32.7 Å². The SMILES string of the molecule is CC(CCC(=O)O)(c1ccc(OCc2ccc3ccc(Cl)cc3n2)cc1)c1ccc(OCc2ccc3ccc(Cl)cc3n2)cc1. The summed E-state index contributed by atoms with van der Waals surface area (Å²) in [6.45, 7) is 2.68. The molecule has 0 aliphatic rings. The van der Waals surface area contributed by atoms with Gasteiger partial charge >= 0.3 is 5.97 Å². The van der Waals surface area contributed by atoms with E-state index in [9.17, 15) is 9.90 Å². The van der Waals surface area contributed by atoms with E-state index in [1.165, 1.54) is 0 Å². The topological polar surface area (TPSA) is 81.5 Å². The number of benzene rings is 4. The van der Waals surface area contributed by atoms with E-state index in [-0.39, 0.29) is 6.42 Å². The Kier molecular flexibility index (Phi) is 8.87. The summed E-state index contributed by atoms with van der Waals surface area (Å²) in [5, 5.41) is 12.8. The molecule has 0 unspecified atom stereocenters. The third-order valence-electron chi connectivity index (χ3n) is 8.02. The summed E-state index contributed by atoms with van der Waals surface area (Å²) >= 11 is 12.3. The van der Waals surface area contributed by atoms with Gasteiger partial charge in [0.1, 0.15) is 24.7 Å². The largest absolute Gasteiger partial charge is 0.487 e. The monoisotopic (exact) mass is 636 g/mol. The van der Waals surface area contributed by atoms with Crippen molar-refractivity contribution in [3.63, 3.8) is 0 Å². The highest BCUT2D eigenvalue weighted by Gasteiger charge is 2.30. The van der Waals surface area contributed by atoms with Crippen molar-refractivity contribution >= 4 is 51.0 Å². The smallest absolute Gasteiger partial charge is 0.303 e. The molecule has 226 valence electrons. The molecule has 2 heterocycles. The summed E-state index contributed by atoms with van der Waals surface area (Å²) in [7, 11) is 0. The van der Waals surface area contributed by atoms with Gasteiger partial charge in [-0.3, -0.25) is 4.79 Å². The Morgan fingerprint density at radius 3 is 1.51 bits per heavy atom. The molecule has 0 bridgehead atoms. The Morgan fingerprint density at radius 2 is 1.09 bits per heavy atom. The van der Waals surface area contributed by atoms with E-state index in [0.29, 0.717) is 41.2 Å². The zero-order chi connectivity index (χ0) is 31.4. The second-order valence-corrected chi connectivity index (χ2v) is 12.0. The molecule has 6 rings (SSSR count). The van der Waals surface area contributed by atoms with Gasteiger partial charge in [-0.15, -0.1) is 0 Å². The molecule has 0 aliphatic heterocycles. The van der Waals surface area contributed by atoms with Crippen LogP contribution in [0.25, 0.3) is 21.8 Å². The Labute approximate surface area is 271 Å². The van der Waals surface area contributed by atoms with Crippen LogP contribution in [0.2, 0.25) is 10.0 Å². The van der Waals surface area contributed by atoms with Gasteiger partial charge in [0.2, 0.25) is 0 Å². The first-order valence-electron chi connectivity index (χ1n) is 14.5. The molecule has 0 radical (unpaired) electrons. The number of carboxylic acids is 1. The lowest BCUT2D eigenvalue weighted by molar-refractivity contribution is -0.137. The van der Waals surface area contributed by atoms with Crippen molar-refractivity contribution in [3.05, 3.63) is 142 Å². The number of nitrogens with zero attached hydrogens (tertiary/aromatic N) is 2. The van der Waals surface area contributed by atoms with Gasteiger partial charge in [0.15, 0.2) is 0 Å². The van der Waals surface area contributed by atoms with Gasteiger partial charge in [-0.1, -0.05) is 78.7 Å². The number of rotatable bonds is 11. The molecule has 2 aromatic heterocycles. The summed E-state index contributed by atoms with van der Waals surface area (Å²) < 4.78 is 12.1. The zero-order valence-electron chi connectivity index (χ0n) is 24.5. The summed E-state index contributed by atoms with van der Waals surface area (Å²) in [6.07, 6.45) is 0.457. The third-order valence-corrected chi connectivity index (χ3v) is 8.49. The number of pyridine rings is 2. The minimum atomic E-state index is -0.838. The quantitative estimate of drug-likeness (QED) is 0.152. The second kappa shape index (κ2) is 13.1. The first-order chi connectivity index (χ1) is 21.7. The van der Waals surface area contributed by atoms with Crippen LogP contribution >= 0.6 is 23.2 Å². The fourth-order valence-corrected chi connectivity index (χ4v) is 5.72. The van der Waals surface area contributed by atoms with Crippen LogP contribution in [-0.2, 0) is 23.4 Å². The minimum absolute atomic E-state index is 0.0301. The van der Waals surface area contributed by atoms with Gasteiger partial charge in [-0.05, 0) is 78.2 Å². The van der Waals surface area contributed by atoms with Crippen LogP contribution in [0, 0.1) is 0 Å². The second-order valence-electron chi connectivity index (χ2n) is 11.1. The van der Waals surface area contributed by atoms with Gasteiger partial charge in [-0.25, -0.2) is 9.97 Å². The number of hydrogen-bond donors (Lipinski definition) is 1. The van der Waals surface area contributed by atoms with E-state index in [4.69, 9.17) is 32.7 Å². The average molecular weight is 638 g/mol. The van der Waals surface area contributed by atoms with E-state index in [0.717, 1.165) is 44.3 Å². The summed E-state index contributed by atoms with van der Waals surface area (Å²) in [5.41, 5.74) is 4.66. The van der Waals surface area contributed by atoms with Crippen LogP contribution in [0.3, 0.4) is 0 Å². The van der Waals surface area contributed by atoms with Crippen LogP contribution < -0.4 is 9.47 Å². The lowest BCUT2D eigenvalue weighted by atomic mass is 9.73. The average Bonchev–Trinajstić information content (AvgIpc) is 3.05. The number of aliphatic carboxylic acids is 1. The van der Waals surface area contributed by atoms with E-state index in [2.05, 4.69) is 16.9 Å². The minimum Gasteiger partial charge on any atom is -0.487 e. The maximum absolute atomic E-state index is 11.6. The molecule has 8 heteroatoms. The molecule has 0 aliphatic carbocycles. The predicted molar refractivity (Wildman–Crippen MR) is 178 cm³/mol. The van der Waals surface area contributed by atoms with Gasteiger partial charge < -0.3 is 14.6 Å². The van der Waals surface area contributed by atoms with Crippen molar-refractivity contribution < 1.29 is 19.4 Å². The number of carbonyl (C=O) groups is 1. The third kappa shape index (κ3) is 7.19. The number of hydrogen-bond acceptors (Lipinski definition) is 5. The van der Waals surface area contributed by atoms with E-state index < -0.39 is 11.4 Å². The van der Waals surface area contributed by atoms with Crippen LogP contribution in [-0.4, -0.2) is 21.0 Å². The molecular weight excluding hydrogens is 607 g/mol. The summed E-state index contributed by atoms with van der Waals surface area (Å²) in [5.74, 6) is 0.552. The number of fused-ring (bicyclic) bond motifs is 2. The van der Waals surface area contributed by atoms with Crippen molar-refractivity contribution in [2.24, 2.45) is 0 Å². The normalized spacial score (nSPS) is 11.5. The highest BCUT2D eigenvalue weighted by molar-refractivity contribution is 6.31. The summed E-state index contributed by atoms with van der Waals surface area (Å²) in [6, 6.07) is 34.7. The molecular formula is C37H30Cl2N2O4. The Balaban J connectivity index is 1.15. The van der Waals surface area contributed by atoms with Gasteiger partial charge in [-0.2, -0.15) is 0 Å². The molecule has 0 spiro atoms. The number of carboxylic acid groups (broad SMARTS) is 1. The van der Waals surface area contributed by atoms with Crippen LogP contribution in [0.15, 0.2) is 109 Å². The molecule has 0 saturated carbocycles. The molecule has 0 fully saturated rings.